The van der Waals surface area contributed by atoms with Crippen LogP contribution < -0.4 is 10.9 Å². The van der Waals surface area contributed by atoms with Crippen molar-refractivity contribution in [3.63, 3.8) is 0 Å². The van der Waals surface area contributed by atoms with Crippen molar-refractivity contribution < 1.29 is 0 Å². The molecule has 3 aromatic carbocycles. The SMILES string of the molecule is CCc1ccccc1NC(=S)N(Cc1ccccc1)Cc1cc2cc(C)ccc2[nH]c1=O. The predicted molar refractivity (Wildman–Crippen MR) is 137 cm³/mol. The van der Waals surface area contributed by atoms with Crippen molar-refractivity contribution >= 4 is 33.9 Å². The van der Waals surface area contributed by atoms with Gasteiger partial charge in [-0.05, 0) is 66.3 Å². The lowest BCUT2D eigenvalue weighted by Gasteiger charge is -2.27. The van der Waals surface area contributed by atoms with Gasteiger partial charge in [0.2, 0.25) is 0 Å². The van der Waals surface area contributed by atoms with Crippen molar-refractivity contribution in [3.05, 3.63) is 111 Å². The van der Waals surface area contributed by atoms with Gasteiger partial charge in [0.1, 0.15) is 0 Å². The molecule has 0 aliphatic heterocycles. The highest BCUT2D eigenvalue weighted by molar-refractivity contribution is 7.80. The Morgan fingerprint density at radius 1 is 0.938 bits per heavy atom. The summed E-state index contributed by atoms with van der Waals surface area (Å²) in [7, 11) is 0. The van der Waals surface area contributed by atoms with Crippen LogP contribution in [-0.2, 0) is 19.5 Å². The topological polar surface area (TPSA) is 48.1 Å². The first-order chi connectivity index (χ1) is 15.5. The van der Waals surface area contributed by atoms with Gasteiger partial charge in [0, 0.05) is 23.3 Å². The van der Waals surface area contributed by atoms with Gasteiger partial charge in [-0.15, -0.1) is 0 Å². The Balaban J connectivity index is 1.66. The molecule has 0 spiro atoms. The number of rotatable bonds is 6. The van der Waals surface area contributed by atoms with Gasteiger partial charge in [0.25, 0.3) is 5.56 Å². The first-order valence-electron chi connectivity index (χ1n) is 10.8. The Labute approximate surface area is 193 Å². The smallest absolute Gasteiger partial charge is 0.253 e. The molecule has 0 amide bonds. The summed E-state index contributed by atoms with van der Waals surface area (Å²) in [5.74, 6) is 0. The number of para-hydroxylation sites is 1. The summed E-state index contributed by atoms with van der Waals surface area (Å²) in [5.41, 5.74) is 5.94. The maximum absolute atomic E-state index is 12.8. The fourth-order valence-electron chi connectivity index (χ4n) is 3.84. The zero-order chi connectivity index (χ0) is 22.5. The molecule has 1 heterocycles. The molecule has 32 heavy (non-hydrogen) atoms. The van der Waals surface area contributed by atoms with Crippen LogP contribution in [0.15, 0.2) is 83.7 Å². The number of anilines is 1. The number of thiocarbonyl (C=S) groups is 1. The van der Waals surface area contributed by atoms with Crippen molar-refractivity contribution in [2.24, 2.45) is 0 Å². The molecular formula is C27H27N3OS. The lowest BCUT2D eigenvalue weighted by Crippen LogP contribution is -2.35. The summed E-state index contributed by atoms with van der Waals surface area (Å²) in [4.78, 5) is 17.9. The lowest BCUT2D eigenvalue weighted by molar-refractivity contribution is 0.411. The molecule has 4 rings (SSSR count). The second kappa shape index (κ2) is 9.79. The van der Waals surface area contributed by atoms with Crippen LogP contribution in [0.4, 0.5) is 5.69 Å². The van der Waals surface area contributed by atoms with Crippen LogP contribution in [0.1, 0.15) is 29.2 Å². The van der Waals surface area contributed by atoms with E-state index >= 15 is 0 Å². The minimum Gasteiger partial charge on any atom is -0.340 e. The van der Waals surface area contributed by atoms with Crippen LogP contribution in [-0.4, -0.2) is 15.0 Å². The molecule has 0 saturated carbocycles. The molecule has 0 aliphatic carbocycles. The van der Waals surface area contributed by atoms with E-state index in [1.807, 2.05) is 59.5 Å². The van der Waals surface area contributed by atoms with Crippen LogP contribution in [0.3, 0.4) is 0 Å². The fraction of sp³-hybridized carbons (Fsp3) is 0.185. The van der Waals surface area contributed by atoms with Crippen molar-refractivity contribution in [1.82, 2.24) is 9.88 Å². The van der Waals surface area contributed by atoms with E-state index in [0.29, 0.717) is 23.8 Å². The number of pyridine rings is 1. The quantitative estimate of drug-likeness (QED) is 0.371. The number of nitrogens with zero attached hydrogens (tertiary/aromatic N) is 1. The molecular weight excluding hydrogens is 414 g/mol. The van der Waals surface area contributed by atoms with Crippen molar-refractivity contribution in [1.29, 1.82) is 0 Å². The van der Waals surface area contributed by atoms with Crippen LogP contribution in [0.5, 0.6) is 0 Å². The normalized spacial score (nSPS) is 10.8. The number of hydrogen-bond acceptors (Lipinski definition) is 2. The van der Waals surface area contributed by atoms with Crippen LogP contribution in [0.25, 0.3) is 10.9 Å². The van der Waals surface area contributed by atoms with Crippen LogP contribution >= 0.6 is 12.2 Å². The standard InChI is InChI=1S/C27H27N3OS/c1-3-21-11-7-8-12-24(21)29-27(32)30(17-20-9-5-4-6-10-20)18-23-16-22-15-19(2)13-14-25(22)28-26(23)31/h4-16H,3,17-18H2,1-2H3,(H,28,31)(H,29,32). The summed E-state index contributed by atoms with van der Waals surface area (Å²) in [6.45, 7) is 5.19. The number of nitrogens with one attached hydrogen (secondary N) is 2. The fourth-order valence-corrected chi connectivity index (χ4v) is 4.08. The molecule has 0 unspecified atom stereocenters. The van der Waals surface area contributed by atoms with Gasteiger partial charge in [0.15, 0.2) is 5.11 Å². The molecule has 4 nitrogen and oxygen atoms in total. The number of benzene rings is 3. The zero-order valence-corrected chi connectivity index (χ0v) is 19.2. The van der Waals surface area contributed by atoms with E-state index in [-0.39, 0.29) is 5.56 Å². The molecule has 0 fully saturated rings. The van der Waals surface area contributed by atoms with E-state index in [1.54, 1.807) is 0 Å². The van der Waals surface area contributed by atoms with E-state index in [0.717, 1.165) is 34.1 Å². The molecule has 162 valence electrons. The van der Waals surface area contributed by atoms with E-state index in [9.17, 15) is 4.79 Å². The van der Waals surface area contributed by atoms with Gasteiger partial charge in [-0.2, -0.15) is 0 Å². The Hall–Kier alpha value is -3.44. The van der Waals surface area contributed by atoms with E-state index in [1.165, 1.54) is 5.56 Å². The average molecular weight is 442 g/mol. The van der Waals surface area contributed by atoms with Gasteiger partial charge in [0.05, 0.1) is 6.54 Å². The first-order valence-corrected chi connectivity index (χ1v) is 11.2. The number of fused-ring (bicyclic) bond motifs is 1. The van der Waals surface area contributed by atoms with Crippen molar-refractivity contribution in [2.75, 3.05) is 5.32 Å². The van der Waals surface area contributed by atoms with E-state index < -0.39 is 0 Å². The minimum atomic E-state index is -0.0869. The summed E-state index contributed by atoms with van der Waals surface area (Å²) >= 11 is 5.83. The largest absolute Gasteiger partial charge is 0.340 e. The number of hydrogen-bond donors (Lipinski definition) is 2. The third-order valence-electron chi connectivity index (χ3n) is 5.58. The molecule has 0 bridgehead atoms. The molecule has 1 aromatic heterocycles. The van der Waals surface area contributed by atoms with Crippen molar-refractivity contribution in [2.45, 2.75) is 33.4 Å². The zero-order valence-electron chi connectivity index (χ0n) is 18.4. The monoisotopic (exact) mass is 441 g/mol. The maximum atomic E-state index is 12.8. The number of H-pyrrole nitrogens is 1. The second-order valence-corrected chi connectivity index (χ2v) is 8.38. The highest BCUT2D eigenvalue weighted by Gasteiger charge is 2.15. The third-order valence-corrected chi connectivity index (χ3v) is 5.94. The number of aromatic nitrogens is 1. The molecule has 0 atom stereocenters. The van der Waals surface area contributed by atoms with Crippen LogP contribution in [0.2, 0.25) is 0 Å². The highest BCUT2D eigenvalue weighted by atomic mass is 32.1. The molecule has 0 saturated heterocycles. The summed E-state index contributed by atoms with van der Waals surface area (Å²) in [5, 5.41) is 5.03. The van der Waals surface area contributed by atoms with Crippen LogP contribution in [0, 0.1) is 6.92 Å². The van der Waals surface area contributed by atoms with Gasteiger partial charge < -0.3 is 15.2 Å². The maximum Gasteiger partial charge on any atom is 0.253 e. The Morgan fingerprint density at radius 2 is 1.69 bits per heavy atom. The molecule has 0 aliphatic rings. The van der Waals surface area contributed by atoms with Gasteiger partial charge in [-0.3, -0.25) is 4.79 Å². The molecule has 0 radical (unpaired) electrons. The highest BCUT2D eigenvalue weighted by Crippen LogP contribution is 2.19. The average Bonchev–Trinajstić information content (AvgIpc) is 2.80. The van der Waals surface area contributed by atoms with Crippen molar-refractivity contribution in [3.8, 4) is 0 Å². The minimum absolute atomic E-state index is 0.0869. The Kier molecular flexibility index (Phi) is 6.66. The summed E-state index contributed by atoms with van der Waals surface area (Å²) < 4.78 is 0. The Morgan fingerprint density at radius 3 is 2.47 bits per heavy atom. The first kappa shape index (κ1) is 21.8. The molecule has 4 aromatic rings. The summed E-state index contributed by atoms with van der Waals surface area (Å²) in [6, 6.07) is 26.4. The molecule has 2 N–H and O–H groups in total. The second-order valence-electron chi connectivity index (χ2n) is 8.00. The number of aryl methyl sites for hydroxylation is 2. The van der Waals surface area contributed by atoms with Gasteiger partial charge in [-0.25, -0.2) is 0 Å². The number of aromatic amines is 1. The van der Waals surface area contributed by atoms with Gasteiger partial charge >= 0.3 is 0 Å². The van der Waals surface area contributed by atoms with Gasteiger partial charge in [-0.1, -0.05) is 67.1 Å². The predicted octanol–water partition coefficient (Wildman–Crippen LogP) is 5.80. The lowest BCUT2D eigenvalue weighted by atomic mass is 10.1. The van der Waals surface area contributed by atoms with E-state index in [2.05, 4.69) is 48.4 Å². The third kappa shape index (κ3) is 5.06. The Bertz CT molecular complexity index is 1300. The van der Waals surface area contributed by atoms with E-state index in [4.69, 9.17) is 12.2 Å². The summed E-state index contributed by atoms with van der Waals surface area (Å²) in [6.07, 6.45) is 0.911. The molecule has 5 heteroatoms.